The van der Waals surface area contributed by atoms with Crippen molar-refractivity contribution in [1.29, 1.82) is 0 Å². The Morgan fingerprint density at radius 1 is 1.04 bits per heavy atom. The van der Waals surface area contributed by atoms with E-state index in [9.17, 15) is 4.79 Å². The third kappa shape index (κ3) is 4.67. The molecule has 0 bridgehead atoms. The summed E-state index contributed by atoms with van der Waals surface area (Å²) >= 11 is 0. The number of esters is 1. The van der Waals surface area contributed by atoms with Crippen molar-refractivity contribution in [3.8, 4) is 17.2 Å². The van der Waals surface area contributed by atoms with Gasteiger partial charge in [0.05, 0.1) is 18.5 Å². The SMILES string of the molecule is COc1ccccc1OCC(=O)OCc1ccc(-n2nc(C)cc2C)cc1. The van der Waals surface area contributed by atoms with Gasteiger partial charge in [-0.05, 0) is 49.7 Å². The van der Waals surface area contributed by atoms with Crippen LogP contribution in [0, 0.1) is 13.8 Å². The lowest BCUT2D eigenvalue weighted by Crippen LogP contribution is -2.15. The molecular weight excluding hydrogens is 344 g/mol. The lowest BCUT2D eigenvalue weighted by molar-refractivity contribution is -0.147. The van der Waals surface area contributed by atoms with Gasteiger partial charge in [0.25, 0.3) is 0 Å². The molecule has 3 rings (SSSR count). The molecular formula is C21H22N2O4. The molecule has 0 aliphatic rings. The van der Waals surface area contributed by atoms with Crippen LogP contribution in [0.1, 0.15) is 17.0 Å². The van der Waals surface area contributed by atoms with E-state index in [4.69, 9.17) is 14.2 Å². The minimum atomic E-state index is -0.441. The number of aromatic nitrogens is 2. The predicted molar refractivity (Wildman–Crippen MR) is 101 cm³/mol. The summed E-state index contributed by atoms with van der Waals surface area (Å²) < 4.78 is 17.8. The first kappa shape index (κ1) is 18.5. The number of para-hydroxylation sites is 2. The monoisotopic (exact) mass is 366 g/mol. The zero-order chi connectivity index (χ0) is 19.2. The Balaban J connectivity index is 1.52. The van der Waals surface area contributed by atoms with Gasteiger partial charge in [-0.15, -0.1) is 0 Å². The Morgan fingerprint density at radius 2 is 1.74 bits per heavy atom. The maximum Gasteiger partial charge on any atom is 0.344 e. The second-order valence-corrected chi connectivity index (χ2v) is 6.11. The lowest BCUT2D eigenvalue weighted by atomic mass is 10.2. The van der Waals surface area contributed by atoms with Crippen molar-refractivity contribution < 1.29 is 19.0 Å². The van der Waals surface area contributed by atoms with E-state index in [0.29, 0.717) is 11.5 Å². The Morgan fingerprint density at radius 3 is 2.37 bits per heavy atom. The molecule has 3 aromatic rings. The first-order valence-corrected chi connectivity index (χ1v) is 8.61. The number of hydrogen-bond acceptors (Lipinski definition) is 5. The topological polar surface area (TPSA) is 62.6 Å². The van der Waals surface area contributed by atoms with E-state index in [0.717, 1.165) is 22.6 Å². The van der Waals surface area contributed by atoms with Crippen LogP contribution in [-0.4, -0.2) is 29.5 Å². The standard InChI is InChI=1S/C21H22N2O4/c1-15-12-16(2)23(22-15)18-10-8-17(9-11-18)13-27-21(24)14-26-20-7-5-4-6-19(20)25-3/h4-12H,13-14H2,1-3H3. The molecule has 0 spiro atoms. The predicted octanol–water partition coefficient (Wildman–Crippen LogP) is 3.62. The van der Waals surface area contributed by atoms with Crippen LogP contribution in [0.2, 0.25) is 0 Å². The molecule has 6 heteroatoms. The fourth-order valence-corrected chi connectivity index (χ4v) is 2.70. The van der Waals surface area contributed by atoms with Crippen molar-refractivity contribution >= 4 is 5.97 Å². The van der Waals surface area contributed by atoms with Crippen LogP contribution in [0.4, 0.5) is 0 Å². The number of ether oxygens (including phenoxy) is 3. The van der Waals surface area contributed by atoms with Gasteiger partial charge >= 0.3 is 5.97 Å². The molecule has 6 nitrogen and oxygen atoms in total. The summed E-state index contributed by atoms with van der Waals surface area (Å²) in [5.41, 5.74) is 3.90. The zero-order valence-electron chi connectivity index (χ0n) is 15.6. The van der Waals surface area contributed by atoms with Crippen LogP contribution in [0.15, 0.2) is 54.6 Å². The average molecular weight is 366 g/mol. The maximum atomic E-state index is 11.9. The first-order valence-electron chi connectivity index (χ1n) is 8.61. The summed E-state index contributed by atoms with van der Waals surface area (Å²) in [6, 6.07) is 16.9. The molecule has 1 aromatic heterocycles. The average Bonchev–Trinajstić information content (AvgIpc) is 3.03. The van der Waals surface area contributed by atoms with E-state index >= 15 is 0 Å². The van der Waals surface area contributed by atoms with Gasteiger partial charge in [-0.1, -0.05) is 24.3 Å². The van der Waals surface area contributed by atoms with Gasteiger partial charge in [0.15, 0.2) is 18.1 Å². The van der Waals surface area contributed by atoms with Crippen LogP contribution in [0.25, 0.3) is 5.69 Å². The Kier molecular flexibility index (Phi) is 5.76. The molecule has 0 atom stereocenters. The summed E-state index contributed by atoms with van der Waals surface area (Å²) in [5.74, 6) is 0.639. The quantitative estimate of drug-likeness (QED) is 0.598. The summed E-state index contributed by atoms with van der Waals surface area (Å²) in [5, 5.41) is 4.46. The highest BCUT2D eigenvalue weighted by atomic mass is 16.6. The van der Waals surface area contributed by atoms with Crippen LogP contribution in [-0.2, 0) is 16.1 Å². The highest BCUT2D eigenvalue weighted by Gasteiger charge is 2.09. The number of nitrogens with zero attached hydrogens (tertiary/aromatic N) is 2. The molecule has 0 saturated carbocycles. The number of methoxy groups -OCH3 is 1. The van der Waals surface area contributed by atoms with Gasteiger partial charge < -0.3 is 14.2 Å². The fraction of sp³-hybridized carbons (Fsp3) is 0.238. The smallest absolute Gasteiger partial charge is 0.344 e. The fourth-order valence-electron chi connectivity index (χ4n) is 2.70. The van der Waals surface area contributed by atoms with Gasteiger partial charge in [0.1, 0.15) is 6.61 Å². The van der Waals surface area contributed by atoms with Crippen LogP contribution in [0.5, 0.6) is 11.5 Å². The summed E-state index contributed by atoms with van der Waals surface area (Å²) in [6.07, 6.45) is 0. The van der Waals surface area contributed by atoms with Gasteiger partial charge in [-0.3, -0.25) is 0 Å². The van der Waals surface area contributed by atoms with Gasteiger partial charge in [-0.25, -0.2) is 9.48 Å². The number of carbonyl (C=O) groups is 1. The molecule has 0 radical (unpaired) electrons. The Bertz CT molecular complexity index is 916. The lowest BCUT2D eigenvalue weighted by Gasteiger charge is -2.10. The minimum absolute atomic E-state index is 0.176. The molecule has 27 heavy (non-hydrogen) atoms. The molecule has 0 N–H and O–H groups in total. The first-order chi connectivity index (χ1) is 13.1. The summed E-state index contributed by atoms with van der Waals surface area (Å²) in [4.78, 5) is 11.9. The summed E-state index contributed by atoms with van der Waals surface area (Å²) in [7, 11) is 1.55. The van der Waals surface area contributed by atoms with Crippen molar-refractivity contribution in [2.45, 2.75) is 20.5 Å². The number of aryl methyl sites for hydroxylation is 2. The van der Waals surface area contributed by atoms with Crippen LogP contribution in [0.3, 0.4) is 0 Å². The second kappa shape index (κ2) is 8.40. The normalized spacial score (nSPS) is 10.5. The Hall–Kier alpha value is -3.28. The molecule has 0 saturated heterocycles. The van der Waals surface area contributed by atoms with Crippen molar-refractivity contribution in [2.75, 3.05) is 13.7 Å². The number of rotatable bonds is 7. The van der Waals surface area contributed by atoms with Crippen molar-refractivity contribution in [3.63, 3.8) is 0 Å². The summed E-state index contributed by atoms with van der Waals surface area (Å²) in [6.45, 7) is 3.98. The van der Waals surface area contributed by atoms with Crippen LogP contribution < -0.4 is 9.47 Å². The molecule has 0 aliphatic heterocycles. The molecule has 2 aromatic carbocycles. The van der Waals surface area contributed by atoms with E-state index in [1.54, 1.807) is 19.2 Å². The molecule has 0 aliphatic carbocycles. The van der Waals surface area contributed by atoms with E-state index in [2.05, 4.69) is 5.10 Å². The van der Waals surface area contributed by atoms with Gasteiger partial charge in [0, 0.05) is 5.69 Å². The van der Waals surface area contributed by atoms with E-state index < -0.39 is 5.97 Å². The molecule has 0 amide bonds. The van der Waals surface area contributed by atoms with Crippen LogP contribution >= 0.6 is 0 Å². The van der Waals surface area contributed by atoms with Crippen molar-refractivity contribution in [2.24, 2.45) is 0 Å². The highest BCUT2D eigenvalue weighted by molar-refractivity contribution is 5.71. The third-order valence-electron chi connectivity index (χ3n) is 4.00. The second-order valence-electron chi connectivity index (χ2n) is 6.11. The van der Waals surface area contributed by atoms with E-state index in [-0.39, 0.29) is 13.2 Å². The zero-order valence-corrected chi connectivity index (χ0v) is 15.6. The molecule has 1 heterocycles. The number of carbonyl (C=O) groups excluding carboxylic acids is 1. The van der Waals surface area contributed by atoms with Gasteiger partial charge in [0.2, 0.25) is 0 Å². The molecule has 0 unspecified atom stereocenters. The highest BCUT2D eigenvalue weighted by Crippen LogP contribution is 2.25. The van der Waals surface area contributed by atoms with Crippen molar-refractivity contribution in [3.05, 3.63) is 71.5 Å². The Labute approximate surface area is 158 Å². The maximum absolute atomic E-state index is 11.9. The van der Waals surface area contributed by atoms with Crippen molar-refractivity contribution in [1.82, 2.24) is 9.78 Å². The minimum Gasteiger partial charge on any atom is -0.493 e. The van der Waals surface area contributed by atoms with E-state index in [1.807, 2.05) is 61.0 Å². The van der Waals surface area contributed by atoms with E-state index in [1.165, 1.54) is 0 Å². The molecule has 140 valence electrons. The van der Waals surface area contributed by atoms with Gasteiger partial charge in [-0.2, -0.15) is 5.10 Å². The number of hydrogen-bond donors (Lipinski definition) is 0. The third-order valence-corrected chi connectivity index (χ3v) is 4.00. The molecule has 0 fully saturated rings. The number of benzene rings is 2. The largest absolute Gasteiger partial charge is 0.493 e.